The van der Waals surface area contributed by atoms with Crippen molar-refractivity contribution in [2.45, 2.75) is 19.9 Å². The van der Waals surface area contributed by atoms with Crippen LogP contribution in [0.5, 0.6) is 0 Å². The Morgan fingerprint density at radius 3 is 2.63 bits per heavy atom. The highest BCUT2D eigenvalue weighted by molar-refractivity contribution is 5.86. The largest absolute Gasteiger partial charge is 0.479 e. The van der Waals surface area contributed by atoms with Gasteiger partial charge in [-0.1, -0.05) is 12.1 Å². The Labute approximate surface area is 110 Å². The molecule has 0 spiro atoms. The first-order chi connectivity index (χ1) is 8.97. The molecule has 0 aliphatic heterocycles. The van der Waals surface area contributed by atoms with Gasteiger partial charge in [-0.2, -0.15) is 0 Å². The number of carbonyl (C=O) groups excluding carboxylic acids is 1. The maximum Gasteiger partial charge on any atom is 0.330 e. The number of benzene rings is 1. The van der Waals surface area contributed by atoms with Gasteiger partial charge in [-0.15, -0.1) is 0 Å². The molecule has 5 nitrogen and oxygen atoms in total. The molecule has 1 atom stereocenters. The van der Waals surface area contributed by atoms with Gasteiger partial charge in [0.15, 0.2) is 6.04 Å². The van der Waals surface area contributed by atoms with Crippen LogP contribution in [0, 0.1) is 6.92 Å². The summed E-state index contributed by atoms with van der Waals surface area (Å²) in [6.45, 7) is 3.19. The lowest BCUT2D eigenvalue weighted by atomic mass is 10.0. The summed E-state index contributed by atoms with van der Waals surface area (Å²) in [5.41, 5.74) is 2.23. The van der Waals surface area contributed by atoms with E-state index < -0.39 is 12.0 Å². The number of hydrogen-bond acceptors (Lipinski definition) is 3. The number of carboxylic acid groups (broad SMARTS) is 1. The molecule has 19 heavy (non-hydrogen) atoms. The number of amides is 1. The fourth-order valence-corrected chi connectivity index (χ4v) is 1.92. The third kappa shape index (κ3) is 2.88. The fourth-order valence-electron chi connectivity index (χ4n) is 1.92. The van der Waals surface area contributed by atoms with Gasteiger partial charge in [0.2, 0.25) is 5.91 Å². The molecule has 2 N–H and O–H groups in total. The van der Waals surface area contributed by atoms with E-state index in [0.717, 1.165) is 16.6 Å². The van der Waals surface area contributed by atoms with E-state index in [1.165, 1.54) is 6.92 Å². The second-order valence-electron chi connectivity index (χ2n) is 4.38. The lowest BCUT2D eigenvalue weighted by Crippen LogP contribution is -2.31. The normalized spacial score (nSPS) is 12.1. The maximum atomic E-state index is 11.2. The van der Waals surface area contributed by atoms with Crippen LogP contribution in [0.1, 0.15) is 24.2 Å². The summed E-state index contributed by atoms with van der Waals surface area (Å²) >= 11 is 0. The van der Waals surface area contributed by atoms with E-state index in [1.807, 2.05) is 19.1 Å². The molecule has 1 aromatic carbocycles. The van der Waals surface area contributed by atoms with Gasteiger partial charge in [-0.25, -0.2) is 4.79 Å². The van der Waals surface area contributed by atoms with Crippen LogP contribution in [0.3, 0.4) is 0 Å². The number of carboxylic acids is 1. The van der Waals surface area contributed by atoms with Crippen molar-refractivity contribution in [1.29, 1.82) is 0 Å². The standard InChI is InChI=1S/C14H14N2O3/c1-8-3-4-10-7-11(5-6-12(10)15-8)13(14(18)19)16-9(2)17/h3-7,13H,1-2H3,(H,16,17)(H,18,19). The fraction of sp³-hybridized carbons (Fsp3) is 0.214. The van der Waals surface area contributed by atoms with Crippen molar-refractivity contribution in [3.05, 3.63) is 41.6 Å². The minimum atomic E-state index is -1.09. The van der Waals surface area contributed by atoms with Crippen LogP contribution >= 0.6 is 0 Å². The smallest absolute Gasteiger partial charge is 0.330 e. The number of hydrogen-bond donors (Lipinski definition) is 2. The first kappa shape index (κ1) is 13.0. The number of aryl methyl sites for hydroxylation is 1. The predicted octanol–water partition coefficient (Wildman–Crippen LogP) is 1.81. The summed E-state index contributed by atoms with van der Waals surface area (Å²) in [5, 5.41) is 12.4. The highest BCUT2D eigenvalue weighted by Gasteiger charge is 2.20. The Morgan fingerprint density at radius 1 is 1.26 bits per heavy atom. The van der Waals surface area contributed by atoms with Crippen LogP contribution < -0.4 is 5.32 Å². The number of nitrogens with zero attached hydrogens (tertiary/aromatic N) is 1. The van der Waals surface area contributed by atoms with Crippen molar-refractivity contribution in [3.63, 3.8) is 0 Å². The molecule has 1 aromatic heterocycles. The number of rotatable bonds is 3. The van der Waals surface area contributed by atoms with Crippen LogP contribution in [0.15, 0.2) is 30.3 Å². The van der Waals surface area contributed by atoms with Crippen molar-refractivity contribution >= 4 is 22.8 Å². The number of aromatic nitrogens is 1. The molecular formula is C14H14N2O3. The molecular weight excluding hydrogens is 244 g/mol. The third-order valence-electron chi connectivity index (χ3n) is 2.78. The molecule has 1 amide bonds. The van der Waals surface area contributed by atoms with Crippen molar-refractivity contribution in [1.82, 2.24) is 10.3 Å². The minimum absolute atomic E-state index is 0.380. The van der Waals surface area contributed by atoms with Crippen molar-refractivity contribution < 1.29 is 14.7 Å². The molecule has 0 aliphatic carbocycles. The van der Waals surface area contributed by atoms with E-state index in [0.29, 0.717) is 5.56 Å². The molecule has 0 aliphatic rings. The number of nitrogens with one attached hydrogen (secondary N) is 1. The van der Waals surface area contributed by atoms with Gasteiger partial charge in [-0.3, -0.25) is 9.78 Å². The Kier molecular flexibility index (Phi) is 3.46. The van der Waals surface area contributed by atoms with Crippen molar-refractivity contribution in [2.75, 3.05) is 0 Å². The quantitative estimate of drug-likeness (QED) is 0.879. The Hall–Kier alpha value is -2.43. The second kappa shape index (κ2) is 5.06. The predicted molar refractivity (Wildman–Crippen MR) is 70.7 cm³/mol. The van der Waals surface area contributed by atoms with E-state index >= 15 is 0 Å². The van der Waals surface area contributed by atoms with E-state index in [-0.39, 0.29) is 5.91 Å². The van der Waals surface area contributed by atoms with E-state index in [9.17, 15) is 9.59 Å². The monoisotopic (exact) mass is 258 g/mol. The van der Waals surface area contributed by atoms with Gasteiger partial charge >= 0.3 is 5.97 Å². The van der Waals surface area contributed by atoms with Crippen LogP contribution in [0.2, 0.25) is 0 Å². The molecule has 0 fully saturated rings. The Balaban J connectivity index is 2.46. The summed E-state index contributed by atoms with van der Waals surface area (Å²) < 4.78 is 0. The van der Waals surface area contributed by atoms with Gasteiger partial charge in [0.1, 0.15) is 0 Å². The lowest BCUT2D eigenvalue weighted by molar-refractivity contribution is -0.141. The Bertz CT molecular complexity index is 652. The van der Waals surface area contributed by atoms with E-state index in [1.54, 1.807) is 18.2 Å². The average Bonchev–Trinajstić information content (AvgIpc) is 2.35. The molecule has 0 bridgehead atoms. The summed E-state index contributed by atoms with van der Waals surface area (Å²) in [5.74, 6) is -1.47. The van der Waals surface area contributed by atoms with E-state index in [4.69, 9.17) is 5.11 Å². The Morgan fingerprint density at radius 2 is 2.00 bits per heavy atom. The first-order valence-corrected chi connectivity index (χ1v) is 5.84. The summed E-state index contributed by atoms with van der Waals surface area (Å²) in [6.07, 6.45) is 0. The lowest BCUT2D eigenvalue weighted by Gasteiger charge is -2.14. The zero-order chi connectivity index (χ0) is 14.0. The van der Waals surface area contributed by atoms with Crippen LogP contribution in [0.4, 0.5) is 0 Å². The number of pyridine rings is 1. The molecule has 0 radical (unpaired) electrons. The highest BCUT2D eigenvalue weighted by Crippen LogP contribution is 2.20. The summed E-state index contributed by atoms with van der Waals surface area (Å²) in [4.78, 5) is 26.6. The van der Waals surface area contributed by atoms with Gasteiger partial charge in [0.25, 0.3) is 0 Å². The molecule has 1 unspecified atom stereocenters. The van der Waals surface area contributed by atoms with Gasteiger partial charge in [0.05, 0.1) is 5.52 Å². The summed E-state index contributed by atoms with van der Waals surface area (Å²) in [7, 11) is 0. The third-order valence-corrected chi connectivity index (χ3v) is 2.78. The zero-order valence-electron chi connectivity index (χ0n) is 10.7. The van der Waals surface area contributed by atoms with Gasteiger partial charge in [-0.05, 0) is 30.7 Å². The van der Waals surface area contributed by atoms with Crippen LogP contribution in [-0.4, -0.2) is 22.0 Å². The number of carbonyl (C=O) groups is 2. The maximum absolute atomic E-state index is 11.2. The number of fused-ring (bicyclic) bond motifs is 1. The highest BCUT2D eigenvalue weighted by atomic mass is 16.4. The molecule has 0 saturated carbocycles. The van der Waals surface area contributed by atoms with E-state index in [2.05, 4.69) is 10.3 Å². The average molecular weight is 258 g/mol. The molecule has 98 valence electrons. The van der Waals surface area contributed by atoms with Gasteiger partial charge < -0.3 is 10.4 Å². The minimum Gasteiger partial charge on any atom is -0.479 e. The van der Waals surface area contributed by atoms with Crippen molar-refractivity contribution in [3.8, 4) is 0 Å². The first-order valence-electron chi connectivity index (χ1n) is 5.84. The molecule has 0 saturated heterocycles. The molecule has 1 heterocycles. The van der Waals surface area contributed by atoms with Crippen LogP contribution in [-0.2, 0) is 9.59 Å². The molecule has 5 heteroatoms. The topological polar surface area (TPSA) is 79.3 Å². The number of aliphatic carboxylic acids is 1. The second-order valence-corrected chi connectivity index (χ2v) is 4.38. The SMILES string of the molecule is CC(=O)NC(C(=O)O)c1ccc2nc(C)ccc2c1. The molecule has 2 rings (SSSR count). The summed E-state index contributed by atoms with van der Waals surface area (Å²) in [6, 6.07) is 7.87. The van der Waals surface area contributed by atoms with Crippen LogP contribution in [0.25, 0.3) is 10.9 Å². The van der Waals surface area contributed by atoms with Crippen molar-refractivity contribution in [2.24, 2.45) is 0 Å². The van der Waals surface area contributed by atoms with Gasteiger partial charge in [0, 0.05) is 18.0 Å². The molecule has 2 aromatic rings. The zero-order valence-corrected chi connectivity index (χ0v) is 10.7.